The van der Waals surface area contributed by atoms with E-state index in [9.17, 15) is 4.79 Å². The third kappa shape index (κ3) is 5.36. The maximum absolute atomic E-state index is 12.0. The van der Waals surface area contributed by atoms with Gasteiger partial charge in [-0.3, -0.25) is 4.79 Å². The average molecular weight is 366 g/mol. The molecule has 2 aromatic carbocycles. The van der Waals surface area contributed by atoms with Crippen molar-refractivity contribution in [2.24, 2.45) is 0 Å². The monoisotopic (exact) mass is 366 g/mol. The quantitative estimate of drug-likeness (QED) is 0.584. The van der Waals surface area contributed by atoms with E-state index >= 15 is 0 Å². The summed E-state index contributed by atoms with van der Waals surface area (Å²) in [6, 6.07) is 19.4. The van der Waals surface area contributed by atoms with E-state index in [-0.39, 0.29) is 12.0 Å². The van der Waals surface area contributed by atoms with E-state index < -0.39 is 0 Å². The van der Waals surface area contributed by atoms with Crippen LogP contribution in [0.2, 0.25) is 0 Å². The number of ether oxygens (including phenoxy) is 1. The fraction of sp³-hybridized carbons (Fsp3) is 0.190. The van der Waals surface area contributed by atoms with Gasteiger partial charge in [-0.15, -0.1) is 11.3 Å². The molecule has 0 radical (unpaired) electrons. The Hall–Kier alpha value is -2.79. The molecule has 5 heteroatoms. The lowest BCUT2D eigenvalue weighted by atomic mass is 10.2. The second-order valence-electron chi connectivity index (χ2n) is 6.20. The molecule has 0 unspecified atom stereocenters. The molecule has 0 aliphatic carbocycles. The predicted molar refractivity (Wildman–Crippen MR) is 109 cm³/mol. The molecule has 0 aliphatic heterocycles. The maximum atomic E-state index is 12.0. The highest BCUT2D eigenvalue weighted by atomic mass is 32.1. The summed E-state index contributed by atoms with van der Waals surface area (Å²) in [7, 11) is 0. The van der Waals surface area contributed by atoms with Gasteiger partial charge in [-0.25, -0.2) is 0 Å². The van der Waals surface area contributed by atoms with Crippen LogP contribution in [-0.2, 0) is 11.2 Å². The first-order valence-electron chi connectivity index (χ1n) is 8.54. The fourth-order valence-electron chi connectivity index (χ4n) is 2.47. The van der Waals surface area contributed by atoms with Crippen LogP contribution in [0.1, 0.15) is 18.7 Å². The standard InChI is InChI=1S/C21H22N2O2S/c1-15(2)25-19-11-9-17(10-12-19)22-16-5-7-18(8-6-16)23-21(24)14-20-4-3-13-26-20/h3-13,15,22H,14H2,1-2H3,(H,23,24). The average Bonchev–Trinajstić information content (AvgIpc) is 3.11. The van der Waals surface area contributed by atoms with Crippen molar-refractivity contribution in [3.05, 3.63) is 70.9 Å². The zero-order valence-electron chi connectivity index (χ0n) is 14.9. The predicted octanol–water partition coefficient (Wildman–Crippen LogP) is 5.46. The maximum Gasteiger partial charge on any atom is 0.229 e. The van der Waals surface area contributed by atoms with Gasteiger partial charge < -0.3 is 15.4 Å². The number of carbonyl (C=O) groups excluding carboxylic acids is 1. The van der Waals surface area contributed by atoms with Gasteiger partial charge in [0.1, 0.15) is 5.75 Å². The van der Waals surface area contributed by atoms with Crippen LogP contribution in [0.5, 0.6) is 5.75 Å². The Morgan fingerprint density at radius 1 is 0.962 bits per heavy atom. The van der Waals surface area contributed by atoms with Crippen LogP contribution in [0, 0.1) is 0 Å². The van der Waals surface area contributed by atoms with Gasteiger partial charge >= 0.3 is 0 Å². The molecule has 1 aromatic heterocycles. The Morgan fingerprint density at radius 2 is 1.58 bits per heavy atom. The molecular weight excluding hydrogens is 344 g/mol. The number of thiophene rings is 1. The van der Waals surface area contributed by atoms with E-state index in [1.807, 2.05) is 79.9 Å². The summed E-state index contributed by atoms with van der Waals surface area (Å²) in [6.45, 7) is 4.01. The molecule has 0 spiro atoms. The van der Waals surface area contributed by atoms with Gasteiger partial charge in [-0.05, 0) is 73.8 Å². The van der Waals surface area contributed by atoms with Crippen LogP contribution >= 0.6 is 11.3 Å². The summed E-state index contributed by atoms with van der Waals surface area (Å²) in [5.74, 6) is 0.850. The molecule has 2 N–H and O–H groups in total. The molecule has 0 saturated heterocycles. The molecule has 0 aliphatic rings. The second kappa shape index (κ2) is 8.54. The molecule has 3 rings (SSSR count). The first-order valence-corrected chi connectivity index (χ1v) is 9.42. The number of benzene rings is 2. The number of amides is 1. The van der Waals surface area contributed by atoms with Crippen LogP contribution in [-0.4, -0.2) is 12.0 Å². The summed E-state index contributed by atoms with van der Waals surface area (Å²) in [4.78, 5) is 13.1. The number of hydrogen-bond donors (Lipinski definition) is 2. The van der Waals surface area contributed by atoms with E-state index in [4.69, 9.17) is 4.74 Å². The molecule has 3 aromatic rings. The number of hydrogen-bond acceptors (Lipinski definition) is 4. The number of rotatable bonds is 7. The van der Waals surface area contributed by atoms with Crippen molar-refractivity contribution in [3.8, 4) is 5.75 Å². The van der Waals surface area contributed by atoms with E-state index in [1.54, 1.807) is 11.3 Å². The number of nitrogens with one attached hydrogen (secondary N) is 2. The molecule has 4 nitrogen and oxygen atoms in total. The Kier molecular flexibility index (Phi) is 5.92. The van der Waals surface area contributed by atoms with Gasteiger partial charge in [0.05, 0.1) is 12.5 Å². The highest BCUT2D eigenvalue weighted by molar-refractivity contribution is 7.10. The highest BCUT2D eigenvalue weighted by Crippen LogP contribution is 2.22. The second-order valence-corrected chi connectivity index (χ2v) is 7.23. The van der Waals surface area contributed by atoms with Crippen molar-refractivity contribution in [1.82, 2.24) is 0 Å². The zero-order chi connectivity index (χ0) is 18.4. The number of anilines is 3. The first-order chi connectivity index (χ1) is 12.6. The molecule has 1 amide bonds. The normalized spacial score (nSPS) is 10.6. The molecule has 26 heavy (non-hydrogen) atoms. The lowest BCUT2D eigenvalue weighted by Crippen LogP contribution is -2.13. The van der Waals surface area contributed by atoms with Crippen LogP contribution in [0.15, 0.2) is 66.0 Å². The fourth-order valence-corrected chi connectivity index (χ4v) is 3.17. The van der Waals surface area contributed by atoms with Crippen molar-refractivity contribution in [2.75, 3.05) is 10.6 Å². The van der Waals surface area contributed by atoms with Gasteiger partial charge in [-0.2, -0.15) is 0 Å². The summed E-state index contributed by atoms with van der Waals surface area (Å²) in [5.41, 5.74) is 2.73. The van der Waals surface area contributed by atoms with Gasteiger partial charge in [0.2, 0.25) is 5.91 Å². The van der Waals surface area contributed by atoms with Gasteiger partial charge in [0.15, 0.2) is 0 Å². The van der Waals surface area contributed by atoms with Gasteiger partial charge in [-0.1, -0.05) is 6.07 Å². The van der Waals surface area contributed by atoms with Gasteiger partial charge in [0, 0.05) is 21.9 Å². The minimum Gasteiger partial charge on any atom is -0.491 e. The Labute approximate surface area is 157 Å². The molecule has 1 heterocycles. The third-order valence-corrected chi connectivity index (χ3v) is 4.47. The van der Waals surface area contributed by atoms with E-state index in [0.29, 0.717) is 6.42 Å². The SMILES string of the molecule is CC(C)Oc1ccc(Nc2ccc(NC(=O)Cc3cccs3)cc2)cc1. The number of carbonyl (C=O) groups is 1. The van der Waals surface area contributed by atoms with Crippen molar-refractivity contribution >= 4 is 34.3 Å². The zero-order valence-corrected chi connectivity index (χ0v) is 15.7. The Morgan fingerprint density at radius 3 is 2.15 bits per heavy atom. The third-order valence-electron chi connectivity index (χ3n) is 3.60. The van der Waals surface area contributed by atoms with Crippen molar-refractivity contribution in [3.63, 3.8) is 0 Å². The van der Waals surface area contributed by atoms with Crippen molar-refractivity contribution in [1.29, 1.82) is 0 Å². The Balaban J connectivity index is 1.54. The minimum absolute atomic E-state index is 0.00565. The van der Waals surface area contributed by atoms with Gasteiger partial charge in [0.25, 0.3) is 0 Å². The Bertz CT molecular complexity index is 825. The molecule has 0 fully saturated rings. The van der Waals surface area contributed by atoms with Crippen LogP contribution < -0.4 is 15.4 Å². The highest BCUT2D eigenvalue weighted by Gasteiger charge is 2.05. The van der Waals surface area contributed by atoms with E-state index in [1.165, 1.54) is 0 Å². The molecular formula is C21H22N2O2S. The summed E-state index contributed by atoms with van der Waals surface area (Å²) in [6.07, 6.45) is 0.569. The topological polar surface area (TPSA) is 50.4 Å². The summed E-state index contributed by atoms with van der Waals surface area (Å²) in [5, 5.41) is 8.23. The van der Waals surface area contributed by atoms with Crippen LogP contribution in [0.3, 0.4) is 0 Å². The molecule has 0 bridgehead atoms. The van der Waals surface area contributed by atoms with Crippen molar-refractivity contribution < 1.29 is 9.53 Å². The first kappa shape index (κ1) is 18.0. The van der Waals surface area contributed by atoms with Crippen LogP contribution in [0.25, 0.3) is 0 Å². The minimum atomic E-state index is -0.00565. The van der Waals surface area contributed by atoms with Crippen LogP contribution in [0.4, 0.5) is 17.1 Å². The lowest BCUT2D eigenvalue weighted by molar-refractivity contribution is -0.115. The largest absolute Gasteiger partial charge is 0.491 e. The molecule has 0 atom stereocenters. The van der Waals surface area contributed by atoms with Crippen molar-refractivity contribution in [2.45, 2.75) is 26.4 Å². The van der Waals surface area contributed by atoms with E-state index in [2.05, 4.69) is 10.6 Å². The smallest absolute Gasteiger partial charge is 0.229 e. The lowest BCUT2D eigenvalue weighted by Gasteiger charge is -2.11. The molecule has 0 saturated carbocycles. The summed E-state index contributed by atoms with van der Waals surface area (Å²) < 4.78 is 5.64. The summed E-state index contributed by atoms with van der Waals surface area (Å²) >= 11 is 1.59. The molecule has 134 valence electrons. The van der Waals surface area contributed by atoms with E-state index in [0.717, 1.165) is 27.7 Å².